The van der Waals surface area contributed by atoms with E-state index in [1.165, 1.54) is 12.1 Å². The van der Waals surface area contributed by atoms with Gasteiger partial charge in [-0.3, -0.25) is 9.59 Å². The minimum Gasteiger partial charge on any atom is -0.508 e. The van der Waals surface area contributed by atoms with Crippen LogP contribution in [0.4, 0.5) is 4.79 Å². The summed E-state index contributed by atoms with van der Waals surface area (Å²) < 4.78 is 5.45. The molecule has 0 aliphatic heterocycles. The molecule has 9 heteroatoms. The van der Waals surface area contributed by atoms with Gasteiger partial charge < -0.3 is 25.4 Å². The Balaban J connectivity index is 3.53. The molecular formula is C29H49N3O5S. The highest BCUT2D eigenvalue weighted by atomic mass is 32.2. The molecule has 0 aliphatic rings. The van der Waals surface area contributed by atoms with E-state index in [0.717, 1.165) is 19.3 Å². The molecule has 0 saturated carbocycles. The van der Waals surface area contributed by atoms with E-state index < -0.39 is 23.8 Å². The quantitative estimate of drug-likeness (QED) is 0.243. The van der Waals surface area contributed by atoms with Gasteiger partial charge in [-0.15, -0.1) is 0 Å². The van der Waals surface area contributed by atoms with E-state index in [1.54, 1.807) is 49.6 Å². The summed E-state index contributed by atoms with van der Waals surface area (Å²) >= 11 is 1.58. The first-order chi connectivity index (χ1) is 17.8. The summed E-state index contributed by atoms with van der Waals surface area (Å²) in [5, 5.41) is 15.7. The summed E-state index contributed by atoms with van der Waals surface area (Å²) in [6, 6.07) is 4.33. The van der Waals surface area contributed by atoms with Gasteiger partial charge in [0.15, 0.2) is 0 Å². The number of alkyl carbamates (subject to hydrolysis) is 1. The molecule has 0 fully saturated rings. The fourth-order valence-electron chi connectivity index (χ4n) is 4.02. The van der Waals surface area contributed by atoms with Gasteiger partial charge in [-0.05, 0) is 89.0 Å². The Kier molecular flexibility index (Phi) is 14.6. The lowest BCUT2D eigenvalue weighted by atomic mass is 9.96. The summed E-state index contributed by atoms with van der Waals surface area (Å²) in [7, 11) is 0. The lowest BCUT2D eigenvalue weighted by molar-refractivity contribution is -0.145. The summed E-state index contributed by atoms with van der Waals surface area (Å²) in [6.07, 6.45) is 4.99. The number of nitrogens with zero attached hydrogens (tertiary/aromatic N) is 1. The maximum atomic E-state index is 14.3. The van der Waals surface area contributed by atoms with Gasteiger partial charge in [0.1, 0.15) is 23.4 Å². The summed E-state index contributed by atoms with van der Waals surface area (Å²) in [5.41, 5.74) is -0.114. The largest absolute Gasteiger partial charge is 0.508 e. The van der Waals surface area contributed by atoms with Crippen LogP contribution in [0.3, 0.4) is 0 Å². The van der Waals surface area contributed by atoms with Gasteiger partial charge in [0.05, 0.1) is 0 Å². The van der Waals surface area contributed by atoms with Crippen LogP contribution < -0.4 is 10.6 Å². The molecular weight excluding hydrogens is 502 g/mol. The van der Waals surface area contributed by atoms with Gasteiger partial charge in [-0.25, -0.2) is 4.79 Å². The monoisotopic (exact) mass is 551 g/mol. The van der Waals surface area contributed by atoms with Crippen LogP contribution in [0, 0.1) is 5.92 Å². The van der Waals surface area contributed by atoms with E-state index in [2.05, 4.69) is 24.5 Å². The zero-order valence-electron chi connectivity index (χ0n) is 24.5. The number of phenols is 1. The standard InChI is InChI=1S/C29H49N3O5S/c1-9-10-18-30-26(34)25(22-13-15-23(33)16-14-22)32(21(4)12-11-20(2)3)27(35)24(17-19-38-8)31-28(36)37-29(5,6)7/h13-16,20-21,24-25,33H,9-12,17-19H2,1-8H3,(H,30,34)(H,31,36). The highest BCUT2D eigenvalue weighted by Gasteiger charge is 2.38. The van der Waals surface area contributed by atoms with Gasteiger partial charge in [-0.1, -0.05) is 39.3 Å². The normalized spacial score (nSPS) is 13.9. The molecule has 0 radical (unpaired) electrons. The first kappa shape index (κ1) is 33.6. The van der Waals surface area contributed by atoms with Crippen molar-refractivity contribution in [3.05, 3.63) is 29.8 Å². The van der Waals surface area contributed by atoms with Crippen molar-refractivity contribution >= 4 is 29.7 Å². The second-order valence-corrected chi connectivity index (χ2v) is 12.2. The smallest absolute Gasteiger partial charge is 0.408 e. The van der Waals surface area contributed by atoms with Gasteiger partial charge in [0.2, 0.25) is 11.8 Å². The summed E-state index contributed by atoms with van der Waals surface area (Å²) in [6.45, 7) is 14.1. The zero-order valence-corrected chi connectivity index (χ0v) is 25.3. The Morgan fingerprint density at radius 2 is 1.68 bits per heavy atom. The number of hydrogen-bond donors (Lipinski definition) is 3. The first-order valence-corrected chi connectivity index (χ1v) is 15.1. The fraction of sp³-hybridized carbons (Fsp3) is 0.690. The van der Waals surface area contributed by atoms with E-state index in [0.29, 0.717) is 36.6 Å². The van der Waals surface area contributed by atoms with Gasteiger partial charge in [0, 0.05) is 12.6 Å². The van der Waals surface area contributed by atoms with Gasteiger partial charge in [0.25, 0.3) is 0 Å². The van der Waals surface area contributed by atoms with Crippen LogP contribution in [0.25, 0.3) is 0 Å². The highest BCUT2D eigenvalue weighted by Crippen LogP contribution is 2.29. The molecule has 3 atom stereocenters. The van der Waals surface area contributed by atoms with Crippen LogP contribution in [-0.2, 0) is 14.3 Å². The Morgan fingerprint density at radius 1 is 1.05 bits per heavy atom. The predicted octanol–water partition coefficient (Wildman–Crippen LogP) is 5.65. The molecule has 3 amide bonds. The molecule has 3 unspecified atom stereocenters. The minimum absolute atomic E-state index is 0.0778. The second kappa shape index (κ2) is 16.5. The zero-order chi connectivity index (χ0) is 28.9. The van der Waals surface area contributed by atoms with Crippen LogP contribution in [0.5, 0.6) is 5.75 Å². The Bertz CT molecular complexity index is 870. The van der Waals surface area contributed by atoms with Crippen molar-refractivity contribution in [2.24, 2.45) is 5.92 Å². The number of thioether (sulfide) groups is 1. The number of amides is 3. The van der Waals surface area contributed by atoms with Crippen molar-refractivity contribution in [3.63, 3.8) is 0 Å². The average molecular weight is 552 g/mol. The molecule has 0 heterocycles. The fourth-order valence-corrected chi connectivity index (χ4v) is 4.49. The molecule has 216 valence electrons. The molecule has 1 rings (SSSR count). The molecule has 38 heavy (non-hydrogen) atoms. The van der Waals surface area contributed by atoms with Gasteiger partial charge in [-0.2, -0.15) is 11.8 Å². The number of rotatable bonds is 15. The minimum atomic E-state index is -0.917. The van der Waals surface area contributed by atoms with Crippen LogP contribution >= 0.6 is 11.8 Å². The Labute approximate surface area is 233 Å². The molecule has 0 aliphatic carbocycles. The number of aromatic hydroxyl groups is 1. The topological polar surface area (TPSA) is 108 Å². The van der Waals surface area contributed by atoms with E-state index in [1.807, 2.05) is 20.1 Å². The van der Waals surface area contributed by atoms with E-state index in [4.69, 9.17) is 4.74 Å². The molecule has 0 aromatic heterocycles. The van der Waals surface area contributed by atoms with E-state index >= 15 is 0 Å². The molecule has 1 aromatic carbocycles. The lowest BCUT2D eigenvalue weighted by Crippen LogP contribution is -2.55. The molecule has 0 spiro atoms. The average Bonchev–Trinajstić information content (AvgIpc) is 2.82. The van der Waals surface area contributed by atoms with Crippen LogP contribution in [-0.4, -0.2) is 64.2 Å². The Hall–Kier alpha value is -2.42. The summed E-state index contributed by atoms with van der Waals surface area (Å²) in [4.78, 5) is 42.3. The molecule has 1 aromatic rings. The third-order valence-corrected chi connectivity index (χ3v) is 6.70. The van der Waals surface area contributed by atoms with Crippen molar-refractivity contribution in [2.45, 2.75) is 104 Å². The molecule has 3 N–H and O–H groups in total. The first-order valence-electron chi connectivity index (χ1n) is 13.7. The number of hydrogen-bond acceptors (Lipinski definition) is 6. The number of unbranched alkanes of at least 4 members (excludes halogenated alkanes) is 1. The molecule has 0 saturated heterocycles. The Morgan fingerprint density at radius 3 is 2.21 bits per heavy atom. The van der Waals surface area contributed by atoms with Crippen molar-refractivity contribution < 1.29 is 24.2 Å². The van der Waals surface area contributed by atoms with Crippen molar-refractivity contribution in [1.82, 2.24) is 15.5 Å². The number of carbonyl (C=O) groups excluding carboxylic acids is 3. The number of carbonyl (C=O) groups is 3. The number of benzene rings is 1. The second-order valence-electron chi connectivity index (χ2n) is 11.2. The van der Waals surface area contributed by atoms with Crippen LogP contribution in [0.15, 0.2) is 24.3 Å². The maximum absolute atomic E-state index is 14.3. The third kappa shape index (κ3) is 12.0. The predicted molar refractivity (Wildman–Crippen MR) is 155 cm³/mol. The van der Waals surface area contributed by atoms with Crippen molar-refractivity contribution in [2.75, 3.05) is 18.6 Å². The van der Waals surface area contributed by atoms with Crippen molar-refractivity contribution in [1.29, 1.82) is 0 Å². The highest BCUT2D eigenvalue weighted by molar-refractivity contribution is 7.98. The maximum Gasteiger partial charge on any atom is 0.408 e. The summed E-state index contributed by atoms with van der Waals surface area (Å²) in [5.74, 6) is 0.535. The number of ether oxygens (including phenoxy) is 1. The third-order valence-electron chi connectivity index (χ3n) is 6.06. The number of phenolic OH excluding ortho intramolecular Hbond substituents is 1. The van der Waals surface area contributed by atoms with E-state index in [-0.39, 0.29) is 23.6 Å². The lowest BCUT2D eigenvalue weighted by Gasteiger charge is -2.39. The van der Waals surface area contributed by atoms with Gasteiger partial charge >= 0.3 is 6.09 Å². The van der Waals surface area contributed by atoms with Crippen LogP contribution in [0.1, 0.15) is 92.2 Å². The molecule has 8 nitrogen and oxygen atoms in total. The SMILES string of the molecule is CCCCNC(=O)C(c1ccc(O)cc1)N(C(=O)C(CCSC)NC(=O)OC(C)(C)C)C(C)CCC(C)C. The molecule has 0 bridgehead atoms. The van der Waals surface area contributed by atoms with E-state index in [9.17, 15) is 19.5 Å². The van der Waals surface area contributed by atoms with Crippen molar-refractivity contribution in [3.8, 4) is 5.75 Å². The van der Waals surface area contributed by atoms with Crippen LogP contribution in [0.2, 0.25) is 0 Å². The number of nitrogens with one attached hydrogen (secondary N) is 2.